The molecule has 1 aliphatic rings. The summed E-state index contributed by atoms with van der Waals surface area (Å²) in [4.78, 5) is 12.2. The second-order valence-corrected chi connectivity index (χ2v) is 6.58. The maximum Gasteiger partial charge on any atom is 0.220 e. The van der Waals surface area contributed by atoms with Crippen molar-refractivity contribution in [1.82, 2.24) is 15.1 Å². The molecule has 27 heavy (non-hydrogen) atoms. The lowest BCUT2D eigenvalue weighted by molar-refractivity contribution is -0.121. The Morgan fingerprint density at radius 3 is 2.93 bits per heavy atom. The first-order chi connectivity index (χ1) is 13.1. The third-order valence-electron chi connectivity index (χ3n) is 4.66. The molecule has 2 aromatic rings. The summed E-state index contributed by atoms with van der Waals surface area (Å²) in [5, 5.41) is 16.1. The minimum Gasteiger partial charge on any atom is -0.486 e. The summed E-state index contributed by atoms with van der Waals surface area (Å²) >= 11 is 0. The number of nitriles is 1. The highest BCUT2D eigenvalue weighted by atomic mass is 16.6. The van der Waals surface area contributed by atoms with Gasteiger partial charge in [-0.3, -0.25) is 9.48 Å². The lowest BCUT2D eigenvalue weighted by Crippen LogP contribution is -2.40. The summed E-state index contributed by atoms with van der Waals surface area (Å²) < 4.78 is 13.3. The van der Waals surface area contributed by atoms with E-state index in [1.165, 1.54) is 0 Å². The van der Waals surface area contributed by atoms with Crippen molar-refractivity contribution in [2.24, 2.45) is 0 Å². The Balaban J connectivity index is 1.47. The van der Waals surface area contributed by atoms with Crippen LogP contribution in [0.3, 0.4) is 0 Å². The molecule has 1 atom stereocenters. The molecule has 0 aliphatic carbocycles. The number of nitrogens with one attached hydrogen (secondary N) is 1. The van der Waals surface area contributed by atoms with E-state index in [0.717, 1.165) is 22.7 Å². The maximum absolute atomic E-state index is 12.2. The molecular weight excluding hydrogens is 344 g/mol. The zero-order valence-corrected chi connectivity index (χ0v) is 15.7. The molecule has 0 spiro atoms. The fourth-order valence-corrected chi connectivity index (χ4v) is 3.19. The van der Waals surface area contributed by atoms with Gasteiger partial charge < -0.3 is 14.8 Å². The van der Waals surface area contributed by atoms with E-state index in [0.29, 0.717) is 44.7 Å². The molecular formula is C20H24N4O3. The van der Waals surface area contributed by atoms with Crippen LogP contribution in [0, 0.1) is 25.2 Å². The van der Waals surface area contributed by atoms with E-state index in [1.807, 2.05) is 42.8 Å². The van der Waals surface area contributed by atoms with Crippen LogP contribution in [0.25, 0.3) is 0 Å². The zero-order chi connectivity index (χ0) is 19.2. The van der Waals surface area contributed by atoms with Crippen molar-refractivity contribution in [3.63, 3.8) is 0 Å². The Bertz CT molecular complexity index is 853. The van der Waals surface area contributed by atoms with E-state index in [9.17, 15) is 4.79 Å². The molecule has 2 heterocycles. The third kappa shape index (κ3) is 4.59. The van der Waals surface area contributed by atoms with Crippen LogP contribution in [0.2, 0.25) is 0 Å². The van der Waals surface area contributed by atoms with E-state index in [1.54, 1.807) is 0 Å². The number of carbonyl (C=O) groups excluding carboxylic acids is 1. The van der Waals surface area contributed by atoms with Crippen LogP contribution in [-0.2, 0) is 17.8 Å². The number of hydrogen-bond donors (Lipinski definition) is 1. The molecule has 3 rings (SSSR count). The average molecular weight is 368 g/mol. The highest BCUT2D eigenvalue weighted by Gasteiger charge is 2.21. The van der Waals surface area contributed by atoms with E-state index in [2.05, 4.69) is 16.5 Å². The summed E-state index contributed by atoms with van der Waals surface area (Å²) in [7, 11) is 0. The van der Waals surface area contributed by atoms with Crippen molar-refractivity contribution in [2.45, 2.75) is 45.8 Å². The lowest BCUT2D eigenvalue weighted by atomic mass is 10.1. The average Bonchev–Trinajstić information content (AvgIpc) is 2.95. The van der Waals surface area contributed by atoms with Gasteiger partial charge in [0.1, 0.15) is 12.7 Å². The van der Waals surface area contributed by atoms with Gasteiger partial charge in [-0.1, -0.05) is 12.1 Å². The molecule has 0 radical (unpaired) electrons. The van der Waals surface area contributed by atoms with E-state index in [-0.39, 0.29) is 12.0 Å². The number of ether oxygens (including phenoxy) is 2. The number of benzene rings is 1. The fraction of sp³-hybridized carbons (Fsp3) is 0.450. The van der Waals surface area contributed by atoms with Gasteiger partial charge in [0.05, 0.1) is 31.3 Å². The highest BCUT2D eigenvalue weighted by molar-refractivity contribution is 5.76. The van der Waals surface area contributed by atoms with Crippen LogP contribution < -0.4 is 14.8 Å². The second kappa shape index (κ2) is 8.58. The number of aromatic nitrogens is 2. The molecule has 1 unspecified atom stereocenters. The van der Waals surface area contributed by atoms with Gasteiger partial charge in [0.2, 0.25) is 5.91 Å². The van der Waals surface area contributed by atoms with Crippen LogP contribution in [0.5, 0.6) is 11.5 Å². The first kappa shape index (κ1) is 18.8. The lowest BCUT2D eigenvalue weighted by Gasteiger charge is -2.26. The Hall–Kier alpha value is -3.01. The van der Waals surface area contributed by atoms with Crippen molar-refractivity contribution >= 4 is 5.91 Å². The number of fused-ring (bicyclic) bond motifs is 1. The van der Waals surface area contributed by atoms with Crippen LogP contribution >= 0.6 is 0 Å². The van der Waals surface area contributed by atoms with Gasteiger partial charge in [-0.2, -0.15) is 10.4 Å². The monoisotopic (exact) mass is 368 g/mol. The van der Waals surface area contributed by atoms with Crippen LogP contribution in [0.4, 0.5) is 0 Å². The minimum absolute atomic E-state index is 0.0268. The maximum atomic E-state index is 12.2. The van der Waals surface area contributed by atoms with Crippen LogP contribution in [0.1, 0.15) is 29.8 Å². The van der Waals surface area contributed by atoms with Gasteiger partial charge in [-0.25, -0.2) is 0 Å². The summed E-state index contributed by atoms with van der Waals surface area (Å²) in [5.41, 5.74) is 3.02. The quantitative estimate of drug-likeness (QED) is 0.810. The summed E-state index contributed by atoms with van der Waals surface area (Å²) in [6.45, 7) is 5.33. The van der Waals surface area contributed by atoms with Crippen molar-refractivity contribution in [3.8, 4) is 17.6 Å². The number of hydrogen-bond acceptors (Lipinski definition) is 5. The first-order valence-corrected chi connectivity index (χ1v) is 9.13. The number of para-hydroxylation sites is 2. The molecule has 0 saturated heterocycles. The summed E-state index contributed by atoms with van der Waals surface area (Å²) in [5.74, 6) is 1.42. The van der Waals surface area contributed by atoms with Gasteiger partial charge in [0, 0.05) is 12.1 Å². The molecule has 1 amide bonds. The Morgan fingerprint density at radius 2 is 2.15 bits per heavy atom. The molecule has 1 N–H and O–H groups in total. The third-order valence-corrected chi connectivity index (χ3v) is 4.66. The number of aryl methyl sites for hydroxylation is 2. The highest BCUT2D eigenvalue weighted by Crippen LogP contribution is 2.30. The molecule has 1 aromatic carbocycles. The predicted molar refractivity (Wildman–Crippen MR) is 99.6 cm³/mol. The smallest absolute Gasteiger partial charge is 0.220 e. The SMILES string of the molecule is Cc1nn(CCC#N)c(C)c1CCC(=O)NCC1COc2ccccc2O1. The Labute approximate surface area is 158 Å². The van der Waals surface area contributed by atoms with Crippen molar-refractivity contribution < 1.29 is 14.3 Å². The molecule has 1 aromatic heterocycles. The molecule has 1 aliphatic heterocycles. The van der Waals surface area contributed by atoms with Gasteiger partial charge >= 0.3 is 0 Å². The van der Waals surface area contributed by atoms with Crippen molar-refractivity contribution in [2.75, 3.05) is 13.2 Å². The first-order valence-electron chi connectivity index (χ1n) is 9.13. The number of nitrogens with zero attached hydrogens (tertiary/aromatic N) is 3. The zero-order valence-electron chi connectivity index (χ0n) is 15.7. The standard InChI is InChI=1S/C20H24N4O3/c1-14-17(15(2)24(23-14)11-5-10-21)8-9-20(25)22-12-16-13-26-18-6-3-4-7-19(18)27-16/h3-4,6-7,16H,5,8-9,11-13H2,1-2H3,(H,22,25). The van der Waals surface area contributed by atoms with E-state index in [4.69, 9.17) is 14.7 Å². The molecule has 0 fully saturated rings. The Morgan fingerprint density at radius 1 is 1.37 bits per heavy atom. The molecule has 0 saturated carbocycles. The van der Waals surface area contributed by atoms with Gasteiger partial charge in [-0.05, 0) is 38.0 Å². The molecule has 7 heteroatoms. The molecule has 142 valence electrons. The van der Waals surface area contributed by atoms with E-state index < -0.39 is 0 Å². The largest absolute Gasteiger partial charge is 0.486 e. The van der Waals surface area contributed by atoms with Gasteiger partial charge in [0.25, 0.3) is 0 Å². The van der Waals surface area contributed by atoms with Crippen LogP contribution in [-0.4, -0.2) is 34.9 Å². The van der Waals surface area contributed by atoms with Crippen molar-refractivity contribution in [1.29, 1.82) is 5.26 Å². The van der Waals surface area contributed by atoms with E-state index >= 15 is 0 Å². The predicted octanol–water partition coefficient (Wildman–Crippen LogP) is 2.30. The molecule has 7 nitrogen and oxygen atoms in total. The van der Waals surface area contributed by atoms with Gasteiger partial charge in [0.15, 0.2) is 11.5 Å². The Kier molecular flexibility index (Phi) is 5.97. The fourth-order valence-electron chi connectivity index (χ4n) is 3.19. The number of rotatable bonds is 7. The van der Waals surface area contributed by atoms with Gasteiger partial charge in [-0.15, -0.1) is 0 Å². The summed E-state index contributed by atoms with van der Waals surface area (Å²) in [6, 6.07) is 9.65. The number of carbonyl (C=O) groups is 1. The normalized spacial score (nSPS) is 15.2. The second-order valence-electron chi connectivity index (χ2n) is 6.58. The van der Waals surface area contributed by atoms with Crippen LogP contribution in [0.15, 0.2) is 24.3 Å². The molecule has 0 bridgehead atoms. The minimum atomic E-state index is -0.193. The summed E-state index contributed by atoms with van der Waals surface area (Å²) in [6.07, 6.45) is 1.24. The van der Waals surface area contributed by atoms with Crippen molar-refractivity contribution in [3.05, 3.63) is 41.2 Å². The number of amides is 1. The topological polar surface area (TPSA) is 89.2 Å².